The number of ether oxygens (including phenoxy) is 4. The average molecular weight is 633 g/mol. The number of carbonyl (C=O) groups excluding carboxylic acids is 2. The molecule has 0 radical (unpaired) electrons. The molecule has 0 spiro atoms. The molecule has 0 saturated carbocycles. The van der Waals surface area contributed by atoms with Crippen LogP contribution in [0.15, 0.2) is 42.5 Å². The van der Waals surface area contributed by atoms with E-state index in [2.05, 4.69) is 67.7 Å². The first-order chi connectivity index (χ1) is 19.7. The van der Waals surface area contributed by atoms with E-state index in [0.717, 1.165) is 11.3 Å². The number of hydrogen-bond donors (Lipinski definition) is 0. The molecular weight excluding hydrogens is 581 g/mol. The van der Waals surface area contributed by atoms with Gasteiger partial charge in [0.15, 0.2) is 19.8 Å². The van der Waals surface area contributed by atoms with Gasteiger partial charge in [0.05, 0.1) is 21.3 Å². The summed E-state index contributed by atoms with van der Waals surface area (Å²) in [4.78, 5) is 26.7. The predicted molar refractivity (Wildman–Crippen MR) is 175 cm³/mol. The van der Waals surface area contributed by atoms with Gasteiger partial charge in [0.1, 0.15) is 5.75 Å². The third kappa shape index (κ3) is 8.86. The highest BCUT2D eigenvalue weighted by Crippen LogP contribution is 2.39. The van der Waals surface area contributed by atoms with E-state index in [1.54, 1.807) is 12.1 Å². The van der Waals surface area contributed by atoms with E-state index < -0.39 is 34.2 Å². The molecule has 0 saturated heterocycles. The van der Waals surface area contributed by atoms with E-state index >= 15 is 0 Å². The lowest BCUT2D eigenvalue weighted by Gasteiger charge is -2.36. The molecule has 0 atom stereocenters. The van der Waals surface area contributed by atoms with Crippen LogP contribution >= 0.6 is 0 Å². The van der Waals surface area contributed by atoms with Crippen molar-refractivity contribution in [1.82, 2.24) is 0 Å². The average Bonchev–Trinajstić information content (AvgIpc) is 2.91. The monoisotopic (exact) mass is 632 g/mol. The summed E-state index contributed by atoms with van der Waals surface area (Å²) in [6, 6.07) is 12.8. The second kappa shape index (κ2) is 13.9. The second-order valence-electron chi connectivity index (χ2n) is 13.9. The van der Waals surface area contributed by atoms with E-state index in [9.17, 15) is 9.59 Å². The van der Waals surface area contributed by atoms with Crippen LogP contribution in [0.25, 0.3) is 0 Å². The Bertz CT molecular complexity index is 1230. The number of hydrogen-bond acceptors (Lipinski definition) is 8. The zero-order valence-corrected chi connectivity index (χ0v) is 30.4. The Morgan fingerprint density at radius 1 is 0.698 bits per heavy atom. The predicted octanol–water partition coefficient (Wildman–Crippen LogP) is 7.35. The van der Waals surface area contributed by atoms with Gasteiger partial charge in [0, 0.05) is 13.0 Å². The first-order valence-corrected chi connectivity index (χ1v) is 20.5. The summed E-state index contributed by atoms with van der Waals surface area (Å²) in [5.74, 6) is -0.443. The number of esters is 2. The van der Waals surface area contributed by atoms with Crippen molar-refractivity contribution in [3.63, 3.8) is 0 Å². The van der Waals surface area contributed by atoms with Crippen molar-refractivity contribution in [3.8, 4) is 17.2 Å². The van der Waals surface area contributed by atoms with E-state index in [-0.39, 0.29) is 22.2 Å². The molecule has 0 unspecified atom stereocenters. The summed E-state index contributed by atoms with van der Waals surface area (Å²) in [6.07, 6.45) is 0.487. The lowest BCUT2D eigenvalue weighted by Crippen LogP contribution is -2.55. The summed E-state index contributed by atoms with van der Waals surface area (Å²) in [7, 11) is -0.0423. The van der Waals surface area contributed by atoms with Crippen molar-refractivity contribution in [2.24, 2.45) is 0 Å². The molecule has 8 nitrogen and oxygen atoms in total. The highest BCUT2D eigenvalue weighted by molar-refractivity contribution is 6.75. The SMILES string of the molecule is COC(=O)C(Cc1ccc(O[Si](C)(C)C(C)(C)C)cc1)(Oc1cc(CCO[Si](C)(C)C(C)(C)C)ccc1OC)C(=O)OC. The van der Waals surface area contributed by atoms with Crippen molar-refractivity contribution in [2.45, 2.75) is 96.2 Å². The van der Waals surface area contributed by atoms with Crippen molar-refractivity contribution < 1.29 is 37.4 Å². The van der Waals surface area contributed by atoms with Crippen molar-refractivity contribution in [3.05, 3.63) is 53.6 Å². The highest BCUT2D eigenvalue weighted by Gasteiger charge is 2.52. The van der Waals surface area contributed by atoms with Crippen LogP contribution in [0.5, 0.6) is 17.2 Å². The van der Waals surface area contributed by atoms with Crippen LogP contribution in [-0.4, -0.2) is 62.1 Å². The van der Waals surface area contributed by atoms with Gasteiger partial charge in [0.25, 0.3) is 0 Å². The molecule has 0 fully saturated rings. The van der Waals surface area contributed by atoms with Crippen LogP contribution in [0.4, 0.5) is 0 Å². The van der Waals surface area contributed by atoms with Gasteiger partial charge in [-0.1, -0.05) is 59.7 Å². The number of rotatable bonds is 13. The number of carbonyl (C=O) groups is 2. The molecule has 240 valence electrons. The van der Waals surface area contributed by atoms with Crippen LogP contribution in [0.2, 0.25) is 36.3 Å². The van der Waals surface area contributed by atoms with Crippen molar-refractivity contribution >= 4 is 28.6 Å². The molecule has 0 heterocycles. The molecule has 0 amide bonds. The van der Waals surface area contributed by atoms with Gasteiger partial charge in [0.2, 0.25) is 8.32 Å². The van der Waals surface area contributed by atoms with Crippen molar-refractivity contribution in [1.29, 1.82) is 0 Å². The van der Waals surface area contributed by atoms with Gasteiger partial charge < -0.3 is 27.8 Å². The zero-order chi connectivity index (χ0) is 32.9. The lowest BCUT2D eigenvalue weighted by molar-refractivity contribution is -0.176. The van der Waals surface area contributed by atoms with Crippen LogP contribution in [0.1, 0.15) is 52.7 Å². The van der Waals surface area contributed by atoms with Gasteiger partial charge in [-0.05, 0) is 78.1 Å². The molecule has 0 aliphatic carbocycles. The molecule has 43 heavy (non-hydrogen) atoms. The fourth-order valence-electron chi connectivity index (χ4n) is 3.87. The maximum absolute atomic E-state index is 13.3. The topological polar surface area (TPSA) is 89.5 Å². The van der Waals surface area contributed by atoms with E-state index in [4.69, 9.17) is 27.8 Å². The molecule has 10 heteroatoms. The highest BCUT2D eigenvalue weighted by atomic mass is 28.4. The Kier molecular flexibility index (Phi) is 11.7. The Morgan fingerprint density at radius 3 is 1.67 bits per heavy atom. The van der Waals surface area contributed by atoms with Crippen LogP contribution in [-0.2, 0) is 36.3 Å². The number of benzene rings is 2. The van der Waals surface area contributed by atoms with Crippen LogP contribution in [0.3, 0.4) is 0 Å². The largest absolute Gasteiger partial charge is 0.544 e. The summed E-state index contributed by atoms with van der Waals surface area (Å²) in [5, 5.41) is 0.131. The van der Waals surface area contributed by atoms with Gasteiger partial charge >= 0.3 is 17.5 Å². The third-order valence-corrected chi connectivity index (χ3v) is 17.7. The number of methoxy groups -OCH3 is 3. The zero-order valence-electron chi connectivity index (χ0n) is 28.4. The minimum Gasteiger partial charge on any atom is -0.544 e. The maximum atomic E-state index is 13.3. The van der Waals surface area contributed by atoms with Crippen LogP contribution in [0, 0.1) is 0 Å². The molecule has 0 bridgehead atoms. The fourth-order valence-corrected chi connectivity index (χ4v) is 5.95. The second-order valence-corrected chi connectivity index (χ2v) is 23.5. The van der Waals surface area contributed by atoms with Crippen molar-refractivity contribution in [2.75, 3.05) is 27.9 Å². The molecular formula is C33H52O8Si2. The van der Waals surface area contributed by atoms with E-state index in [0.29, 0.717) is 24.3 Å². The van der Waals surface area contributed by atoms with E-state index in [1.807, 2.05) is 30.3 Å². The third-order valence-electron chi connectivity index (χ3n) is 8.76. The molecule has 2 aromatic rings. The van der Waals surface area contributed by atoms with Crippen LogP contribution < -0.4 is 13.9 Å². The Labute approximate surface area is 260 Å². The first-order valence-electron chi connectivity index (χ1n) is 14.7. The summed E-state index contributed by atoms with van der Waals surface area (Å²) >= 11 is 0. The molecule has 0 aliphatic rings. The molecule has 0 aromatic heterocycles. The molecule has 2 aromatic carbocycles. The van der Waals surface area contributed by atoms with Gasteiger partial charge in [-0.2, -0.15) is 0 Å². The lowest BCUT2D eigenvalue weighted by atomic mass is 9.93. The molecule has 0 aliphatic heterocycles. The van der Waals surface area contributed by atoms with Gasteiger partial charge in [-0.15, -0.1) is 0 Å². The quantitative estimate of drug-likeness (QED) is 0.129. The summed E-state index contributed by atoms with van der Waals surface area (Å²) in [5.41, 5.74) is -0.545. The molecule has 0 N–H and O–H groups in total. The normalized spacial score (nSPS) is 12.9. The fraction of sp³-hybridized carbons (Fsp3) is 0.576. The Hall–Kier alpha value is -2.83. The maximum Gasteiger partial charge on any atom is 0.362 e. The smallest absolute Gasteiger partial charge is 0.362 e. The minimum absolute atomic E-state index is 0.0366. The minimum atomic E-state index is -2.12. The summed E-state index contributed by atoms with van der Waals surface area (Å²) in [6.45, 7) is 22.4. The van der Waals surface area contributed by atoms with Gasteiger partial charge in [-0.25, -0.2) is 9.59 Å². The molecule has 2 rings (SSSR count). The summed E-state index contributed by atoms with van der Waals surface area (Å²) < 4.78 is 34.8. The van der Waals surface area contributed by atoms with Gasteiger partial charge in [-0.3, -0.25) is 0 Å². The first kappa shape index (κ1) is 36.4. The Morgan fingerprint density at radius 2 is 1.21 bits per heavy atom. The Balaban J connectivity index is 2.43. The van der Waals surface area contributed by atoms with E-state index in [1.165, 1.54) is 21.3 Å². The standard InChI is InChI=1S/C33H52O8Si2/c1-31(2,3)42(10,11)39-21-20-24-16-19-27(36-7)28(22-24)40-33(29(34)37-8,30(35)38-9)23-25-14-17-26(18-15-25)41-43(12,13)32(4,5)6/h14-19,22H,20-21,23H2,1-13H3.